The van der Waals surface area contributed by atoms with E-state index in [0.717, 1.165) is 31.2 Å². The zero-order valence-corrected chi connectivity index (χ0v) is 13.0. The molecule has 0 amide bonds. The molecular weight excluding hydrogens is 279 g/mol. The maximum Gasteiger partial charge on any atom is 0.297 e. The highest BCUT2D eigenvalue weighted by Crippen LogP contribution is 2.15. The van der Waals surface area contributed by atoms with Crippen LogP contribution < -0.4 is 0 Å². The largest absolute Gasteiger partial charge is 0.297 e. The van der Waals surface area contributed by atoms with E-state index in [1.807, 2.05) is 6.92 Å². The summed E-state index contributed by atoms with van der Waals surface area (Å²) in [4.78, 5) is 0.0706. The van der Waals surface area contributed by atoms with Crippen molar-refractivity contribution < 1.29 is 17.0 Å². The molecule has 1 rings (SSSR count). The normalized spacial score (nSPS) is 13.3. The topological polar surface area (TPSA) is 43.4 Å². The minimum absolute atomic E-state index is 0.0706. The molecule has 1 aromatic rings. The smallest absolute Gasteiger partial charge is 0.263 e. The van der Waals surface area contributed by atoms with Gasteiger partial charge in [-0.1, -0.05) is 50.3 Å². The maximum absolute atomic E-state index is 13.6. The molecule has 0 spiro atoms. The number of aryl methyl sites for hydroxylation is 1. The predicted octanol–water partition coefficient (Wildman–Crippen LogP) is 4.01. The molecule has 0 saturated heterocycles. The second-order valence-electron chi connectivity index (χ2n) is 5.00. The first kappa shape index (κ1) is 17.1. The van der Waals surface area contributed by atoms with Crippen molar-refractivity contribution in [2.75, 3.05) is 6.61 Å². The van der Waals surface area contributed by atoms with E-state index in [0.29, 0.717) is 6.42 Å². The minimum atomic E-state index is -3.85. The Hall–Kier alpha value is -0.940. The van der Waals surface area contributed by atoms with E-state index in [1.165, 1.54) is 12.1 Å². The fraction of sp³-hybridized carbons (Fsp3) is 0.600. The number of alkyl halides is 1. The van der Waals surface area contributed by atoms with Crippen molar-refractivity contribution in [3.8, 4) is 0 Å². The second kappa shape index (κ2) is 8.37. The molecular formula is C15H23FO3S. The van der Waals surface area contributed by atoms with E-state index >= 15 is 0 Å². The lowest BCUT2D eigenvalue weighted by molar-refractivity contribution is 0.188. The quantitative estimate of drug-likeness (QED) is 0.511. The zero-order valence-electron chi connectivity index (χ0n) is 12.1. The average molecular weight is 302 g/mol. The Labute approximate surface area is 121 Å². The highest BCUT2D eigenvalue weighted by molar-refractivity contribution is 7.86. The van der Waals surface area contributed by atoms with Gasteiger partial charge in [0.25, 0.3) is 10.1 Å². The van der Waals surface area contributed by atoms with Gasteiger partial charge in [-0.05, 0) is 25.5 Å². The molecule has 0 radical (unpaired) electrons. The molecule has 0 aliphatic heterocycles. The van der Waals surface area contributed by atoms with E-state index in [2.05, 4.69) is 6.92 Å². The molecule has 0 bridgehead atoms. The van der Waals surface area contributed by atoms with Crippen molar-refractivity contribution in [3.05, 3.63) is 29.8 Å². The van der Waals surface area contributed by atoms with Gasteiger partial charge in [-0.25, -0.2) is 4.39 Å². The maximum atomic E-state index is 13.6. The lowest BCUT2D eigenvalue weighted by Gasteiger charge is -2.09. The van der Waals surface area contributed by atoms with Crippen LogP contribution in [-0.4, -0.2) is 21.2 Å². The molecule has 1 aromatic carbocycles. The van der Waals surface area contributed by atoms with Crippen molar-refractivity contribution in [1.29, 1.82) is 0 Å². The van der Waals surface area contributed by atoms with Gasteiger partial charge in [-0.15, -0.1) is 0 Å². The Bertz CT molecular complexity index is 482. The molecule has 5 heteroatoms. The Morgan fingerprint density at radius 3 is 2.40 bits per heavy atom. The van der Waals surface area contributed by atoms with Gasteiger partial charge in [0.1, 0.15) is 6.17 Å². The molecule has 0 saturated carbocycles. The summed E-state index contributed by atoms with van der Waals surface area (Å²) in [6.07, 6.45) is 3.03. The molecule has 0 aliphatic carbocycles. The van der Waals surface area contributed by atoms with Gasteiger partial charge in [-0.2, -0.15) is 8.42 Å². The summed E-state index contributed by atoms with van der Waals surface area (Å²) in [5.41, 5.74) is 0.961. The summed E-state index contributed by atoms with van der Waals surface area (Å²) in [6.45, 7) is 3.55. The minimum Gasteiger partial charge on any atom is -0.263 e. The van der Waals surface area contributed by atoms with Crippen LogP contribution in [-0.2, 0) is 14.3 Å². The Kier molecular flexibility index (Phi) is 7.16. The Balaban J connectivity index is 2.41. The van der Waals surface area contributed by atoms with Crippen molar-refractivity contribution in [3.63, 3.8) is 0 Å². The molecule has 3 nitrogen and oxygen atoms in total. The number of rotatable bonds is 9. The van der Waals surface area contributed by atoms with E-state index in [4.69, 9.17) is 4.18 Å². The summed E-state index contributed by atoms with van der Waals surface area (Å²) in [6, 6.07) is 6.32. The summed E-state index contributed by atoms with van der Waals surface area (Å²) in [7, 11) is -3.85. The second-order valence-corrected chi connectivity index (χ2v) is 6.61. The van der Waals surface area contributed by atoms with Crippen LogP contribution in [0.1, 0.15) is 44.6 Å². The van der Waals surface area contributed by atoms with Gasteiger partial charge in [0, 0.05) is 0 Å². The SMILES string of the molecule is CCCCCCC(F)COS(=O)(=O)c1ccc(C)cc1. The highest BCUT2D eigenvalue weighted by atomic mass is 32.2. The zero-order chi connectivity index (χ0) is 15.0. The summed E-state index contributed by atoms with van der Waals surface area (Å²) in [5, 5.41) is 0. The third kappa shape index (κ3) is 6.01. The Morgan fingerprint density at radius 2 is 1.80 bits per heavy atom. The van der Waals surface area contributed by atoms with Gasteiger partial charge in [-0.3, -0.25) is 4.18 Å². The van der Waals surface area contributed by atoms with Gasteiger partial charge in [0.05, 0.1) is 11.5 Å². The van der Waals surface area contributed by atoms with Crippen LogP contribution in [0.2, 0.25) is 0 Å². The van der Waals surface area contributed by atoms with Crippen molar-refractivity contribution in [2.24, 2.45) is 0 Å². The molecule has 0 N–H and O–H groups in total. The van der Waals surface area contributed by atoms with Crippen LogP contribution >= 0.6 is 0 Å². The fourth-order valence-corrected chi connectivity index (χ4v) is 2.74. The monoisotopic (exact) mass is 302 g/mol. The van der Waals surface area contributed by atoms with Gasteiger partial charge < -0.3 is 0 Å². The first-order chi connectivity index (χ1) is 9.45. The molecule has 0 fully saturated rings. The van der Waals surface area contributed by atoms with Crippen molar-refractivity contribution in [1.82, 2.24) is 0 Å². The van der Waals surface area contributed by atoms with E-state index < -0.39 is 22.9 Å². The molecule has 0 heterocycles. The fourth-order valence-electron chi connectivity index (χ4n) is 1.81. The number of halogens is 1. The summed E-state index contributed by atoms with van der Waals surface area (Å²) >= 11 is 0. The van der Waals surface area contributed by atoms with Crippen LogP contribution in [0.15, 0.2) is 29.2 Å². The number of benzene rings is 1. The summed E-state index contributed by atoms with van der Waals surface area (Å²) < 4.78 is 42.0. The third-order valence-corrected chi connectivity index (χ3v) is 4.38. The van der Waals surface area contributed by atoms with Gasteiger partial charge in [0.15, 0.2) is 0 Å². The Morgan fingerprint density at radius 1 is 1.15 bits per heavy atom. The van der Waals surface area contributed by atoms with Crippen LogP contribution in [0, 0.1) is 6.92 Å². The first-order valence-corrected chi connectivity index (χ1v) is 8.46. The highest BCUT2D eigenvalue weighted by Gasteiger charge is 2.17. The van der Waals surface area contributed by atoms with Crippen LogP contribution in [0.25, 0.3) is 0 Å². The average Bonchev–Trinajstić information content (AvgIpc) is 2.42. The van der Waals surface area contributed by atoms with E-state index in [-0.39, 0.29) is 4.90 Å². The number of hydrogen-bond donors (Lipinski definition) is 0. The van der Waals surface area contributed by atoms with Crippen molar-refractivity contribution in [2.45, 2.75) is 57.0 Å². The molecule has 20 heavy (non-hydrogen) atoms. The summed E-state index contributed by atoms with van der Waals surface area (Å²) in [5.74, 6) is 0. The molecule has 114 valence electrons. The molecule has 1 atom stereocenters. The van der Waals surface area contributed by atoms with E-state index in [1.54, 1.807) is 12.1 Å². The first-order valence-electron chi connectivity index (χ1n) is 7.06. The molecule has 1 unspecified atom stereocenters. The van der Waals surface area contributed by atoms with E-state index in [9.17, 15) is 12.8 Å². The third-order valence-electron chi connectivity index (χ3n) is 3.08. The predicted molar refractivity (Wildman–Crippen MR) is 78.0 cm³/mol. The van der Waals surface area contributed by atoms with Crippen LogP contribution in [0.4, 0.5) is 4.39 Å². The van der Waals surface area contributed by atoms with Crippen LogP contribution in [0.3, 0.4) is 0 Å². The van der Waals surface area contributed by atoms with Crippen molar-refractivity contribution >= 4 is 10.1 Å². The van der Waals surface area contributed by atoms with Crippen LogP contribution in [0.5, 0.6) is 0 Å². The van der Waals surface area contributed by atoms with Gasteiger partial charge >= 0.3 is 0 Å². The van der Waals surface area contributed by atoms with Gasteiger partial charge in [0.2, 0.25) is 0 Å². The number of hydrogen-bond acceptors (Lipinski definition) is 3. The molecule has 0 aromatic heterocycles. The standard InChI is InChI=1S/C15H23FO3S/c1-3-4-5-6-7-14(16)12-19-20(17,18)15-10-8-13(2)9-11-15/h8-11,14H,3-7,12H2,1-2H3. The number of unbranched alkanes of at least 4 members (excludes halogenated alkanes) is 3. The lowest BCUT2D eigenvalue weighted by Crippen LogP contribution is -2.15. The lowest BCUT2D eigenvalue weighted by atomic mass is 10.1. The molecule has 0 aliphatic rings.